The Morgan fingerprint density at radius 3 is 2.21 bits per heavy atom. The van der Waals surface area contributed by atoms with E-state index in [0.717, 1.165) is 11.1 Å². The van der Waals surface area contributed by atoms with Crippen molar-refractivity contribution in [2.45, 2.75) is 25.2 Å². The van der Waals surface area contributed by atoms with Crippen LogP contribution in [0, 0.1) is 0 Å². The summed E-state index contributed by atoms with van der Waals surface area (Å²) in [5.74, 6) is -0.200. The Balaban J connectivity index is 1.89. The van der Waals surface area contributed by atoms with Gasteiger partial charge in [0.1, 0.15) is 0 Å². The van der Waals surface area contributed by atoms with E-state index < -0.39 is 10.0 Å². The van der Waals surface area contributed by atoms with Crippen molar-refractivity contribution >= 4 is 33.6 Å². The number of halogens is 1. The highest BCUT2D eigenvalue weighted by molar-refractivity contribution is 7.89. The molecule has 0 heterocycles. The van der Waals surface area contributed by atoms with Crippen molar-refractivity contribution in [2.75, 3.05) is 19.6 Å². The van der Waals surface area contributed by atoms with Gasteiger partial charge < -0.3 is 5.32 Å². The molecule has 0 spiro atoms. The second-order valence-corrected chi connectivity index (χ2v) is 8.53. The van der Waals surface area contributed by atoms with Crippen LogP contribution < -0.4 is 5.32 Å². The number of nitrogens with zero attached hydrogens (tertiary/aromatic N) is 1. The van der Waals surface area contributed by atoms with Crippen LogP contribution in [0.25, 0.3) is 6.08 Å². The number of amides is 1. The zero-order valence-electron chi connectivity index (χ0n) is 16.1. The molecule has 1 amide bonds. The van der Waals surface area contributed by atoms with Crippen LogP contribution in [0.1, 0.15) is 25.0 Å². The summed E-state index contributed by atoms with van der Waals surface area (Å²) in [6, 6.07) is 14.0. The summed E-state index contributed by atoms with van der Waals surface area (Å²) in [6.07, 6.45) is 3.82. The molecule has 0 aliphatic rings. The monoisotopic (exact) mass is 420 g/mol. The van der Waals surface area contributed by atoms with Gasteiger partial charge in [0.05, 0.1) is 4.90 Å². The minimum absolute atomic E-state index is 0.200. The summed E-state index contributed by atoms with van der Waals surface area (Å²) >= 11 is 5.85. The summed E-state index contributed by atoms with van der Waals surface area (Å²) < 4.78 is 26.3. The summed E-state index contributed by atoms with van der Waals surface area (Å²) in [7, 11) is -3.47. The second-order valence-electron chi connectivity index (χ2n) is 6.16. The summed E-state index contributed by atoms with van der Waals surface area (Å²) in [4.78, 5) is 12.2. The van der Waals surface area contributed by atoms with Crippen molar-refractivity contribution in [2.24, 2.45) is 0 Å². The average molecular weight is 421 g/mol. The predicted octanol–water partition coefficient (Wildman–Crippen LogP) is 3.74. The number of hydrogen-bond donors (Lipinski definition) is 1. The van der Waals surface area contributed by atoms with Gasteiger partial charge in [-0.3, -0.25) is 4.79 Å². The van der Waals surface area contributed by atoms with Gasteiger partial charge in [-0.15, -0.1) is 0 Å². The van der Waals surface area contributed by atoms with Crippen molar-refractivity contribution < 1.29 is 13.2 Å². The van der Waals surface area contributed by atoms with Crippen LogP contribution in [0.3, 0.4) is 0 Å². The molecule has 0 aliphatic heterocycles. The van der Waals surface area contributed by atoms with Crippen molar-refractivity contribution in [3.63, 3.8) is 0 Å². The molecule has 0 saturated carbocycles. The van der Waals surface area contributed by atoms with Crippen LogP contribution in [0.2, 0.25) is 5.02 Å². The van der Waals surface area contributed by atoms with E-state index in [9.17, 15) is 13.2 Å². The van der Waals surface area contributed by atoms with E-state index in [1.807, 2.05) is 38.1 Å². The average Bonchev–Trinajstić information content (AvgIpc) is 2.69. The van der Waals surface area contributed by atoms with Gasteiger partial charge >= 0.3 is 0 Å². The van der Waals surface area contributed by atoms with E-state index in [1.165, 1.54) is 10.4 Å². The highest BCUT2D eigenvalue weighted by Gasteiger charge is 2.20. The third-order valence-corrected chi connectivity index (χ3v) is 6.59. The van der Waals surface area contributed by atoms with Gasteiger partial charge in [0.2, 0.25) is 15.9 Å². The fourth-order valence-electron chi connectivity index (χ4n) is 2.68. The molecule has 2 rings (SSSR count). The molecule has 0 radical (unpaired) electrons. The SMILES string of the molecule is CCN(CC)S(=O)(=O)c1ccc(/C=C/C(=O)NCCc2ccc(Cl)cc2)cc1. The summed E-state index contributed by atoms with van der Waals surface area (Å²) in [6.45, 7) is 4.99. The molecule has 0 saturated heterocycles. The molecule has 28 heavy (non-hydrogen) atoms. The van der Waals surface area contributed by atoms with Gasteiger partial charge in [-0.05, 0) is 47.9 Å². The lowest BCUT2D eigenvalue weighted by Gasteiger charge is -2.18. The molecular weight excluding hydrogens is 396 g/mol. The van der Waals surface area contributed by atoms with E-state index in [0.29, 0.717) is 31.1 Å². The zero-order chi connectivity index (χ0) is 20.6. The molecule has 0 fully saturated rings. The number of carbonyl (C=O) groups excluding carboxylic acids is 1. The van der Waals surface area contributed by atoms with Crippen molar-refractivity contribution in [1.29, 1.82) is 0 Å². The molecule has 2 aromatic rings. The third kappa shape index (κ3) is 6.19. The summed E-state index contributed by atoms with van der Waals surface area (Å²) in [5, 5.41) is 3.51. The zero-order valence-corrected chi connectivity index (χ0v) is 17.6. The molecule has 0 aliphatic carbocycles. The predicted molar refractivity (Wildman–Crippen MR) is 114 cm³/mol. The van der Waals surface area contributed by atoms with E-state index in [2.05, 4.69) is 5.32 Å². The van der Waals surface area contributed by atoms with Gasteiger partial charge in [-0.25, -0.2) is 8.42 Å². The fourth-order valence-corrected chi connectivity index (χ4v) is 4.26. The molecular formula is C21H25ClN2O3S. The molecule has 2 aromatic carbocycles. The first-order chi connectivity index (χ1) is 13.4. The number of carbonyl (C=O) groups is 1. The molecule has 0 atom stereocenters. The van der Waals surface area contributed by atoms with Crippen LogP contribution in [0.4, 0.5) is 0 Å². The van der Waals surface area contributed by atoms with E-state index in [1.54, 1.807) is 30.3 Å². The topological polar surface area (TPSA) is 66.5 Å². The van der Waals surface area contributed by atoms with E-state index >= 15 is 0 Å². The maximum atomic E-state index is 12.5. The first kappa shape index (κ1) is 22.1. The van der Waals surface area contributed by atoms with Gasteiger partial charge in [-0.1, -0.05) is 49.7 Å². The Morgan fingerprint density at radius 1 is 1.04 bits per heavy atom. The van der Waals surface area contributed by atoms with Crippen LogP contribution in [0.5, 0.6) is 0 Å². The lowest BCUT2D eigenvalue weighted by molar-refractivity contribution is -0.116. The molecule has 0 unspecified atom stereocenters. The van der Waals surface area contributed by atoms with E-state index in [4.69, 9.17) is 11.6 Å². The fraction of sp³-hybridized carbons (Fsp3) is 0.286. The Morgan fingerprint density at radius 2 is 1.64 bits per heavy atom. The minimum Gasteiger partial charge on any atom is -0.352 e. The molecule has 150 valence electrons. The lowest BCUT2D eigenvalue weighted by atomic mass is 10.1. The van der Waals surface area contributed by atoms with Crippen molar-refractivity contribution in [3.8, 4) is 0 Å². The maximum absolute atomic E-state index is 12.5. The number of nitrogens with one attached hydrogen (secondary N) is 1. The van der Waals surface area contributed by atoms with Crippen LogP contribution in [0.15, 0.2) is 59.5 Å². The van der Waals surface area contributed by atoms with Crippen LogP contribution >= 0.6 is 11.6 Å². The number of sulfonamides is 1. The first-order valence-electron chi connectivity index (χ1n) is 9.17. The Hall–Kier alpha value is -2.15. The standard InChI is InChI=1S/C21H25ClN2O3S/c1-3-24(4-2)28(26,27)20-12-7-17(8-13-20)9-14-21(25)23-16-15-18-5-10-19(22)11-6-18/h5-14H,3-4,15-16H2,1-2H3,(H,23,25)/b14-9+. The number of benzene rings is 2. The first-order valence-corrected chi connectivity index (χ1v) is 11.0. The molecule has 7 heteroatoms. The van der Waals surface area contributed by atoms with Crippen LogP contribution in [-0.2, 0) is 21.2 Å². The number of hydrogen-bond acceptors (Lipinski definition) is 3. The van der Waals surface area contributed by atoms with Gasteiger partial charge in [-0.2, -0.15) is 4.31 Å². The largest absolute Gasteiger partial charge is 0.352 e. The number of rotatable bonds is 9. The second kappa shape index (κ2) is 10.4. The Bertz CT molecular complexity index is 904. The maximum Gasteiger partial charge on any atom is 0.244 e. The van der Waals surface area contributed by atoms with Gasteiger partial charge in [0, 0.05) is 30.7 Å². The highest BCUT2D eigenvalue weighted by Crippen LogP contribution is 2.16. The molecule has 5 nitrogen and oxygen atoms in total. The normalized spacial score (nSPS) is 11.9. The Kier molecular flexibility index (Phi) is 8.23. The van der Waals surface area contributed by atoms with Crippen LogP contribution in [-0.4, -0.2) is 38.3 Å². The minimum atomic E-state index is -3.47. The molecule has 0 bridgehead atoms. The highest BCUT2D eigenvalue weighted by atomic mass is 35.5. The lowest BCUT2D eigenvalue weighted by Crippen LogP contribution is -2.30. The third-order valence-electron chi connectivity index (χ3n) is 4.28. The Labute approximate surface area is 172 Å². The van der Waals surface area contributed by atoms with Crippen molar-refractivity contribution in [3.05, 3.63) is 70.8 Å². The quantitative estimate of drug-likeness (QED) is 0.628. The van der Waals surface area contributed by atoms with E-state index in [-0.39, 0.29) is 10.8 Å². The molecule has 0 aromatic heterocycles. The smallest absolute Gasteiger partial charge is 0.244 e. The van der Waals surface area contributed by atoms with Crippen molar-refractivity contribution in [1.82, 2.24) is 9.62 Å². The molecule has 1 N–H and O–H groups in total. The summed E-state index contributed by atoms with van der Waals surface area (Å²) in [5.41, 5.74) is 1.85. The van der Waals surface area contributed by atoms with Gasteiger partial charge in [0.15, 0.2) is 0 Å². The van der Waals surface area contributed by atoms with Gasteiger partial charge in [0.25, 0.3) is 0 Å².